The van der Waals surface area contributed by atoms with Gasteiger partial charge in [0.2, 0.25) is 0 Å². The smallest absolute Gasteiger partial charge is 0.115 e. The van der Waals surface area contributed by atoms with Crippen LogP contribution in [-0.2, 0) is 0 Å². The Labute approximate surface area is 138 Å². The summed E-state index contributed by atoms with van der Waals surface area (Å²) in [5.74, 6) is 0.327. The number of phenols is 1. The second-order valence-corrected chi connectivity index (χ2v) is 5.94. The van der Waals surface area contributed by atoms with Crippen molar-refractivity contribution in [3.8, 4) is 5.75 Å². The minimum absolute atomic E-state index is 0.327. The molecule has 0 aromatic heterocycles. The maximum Gasteiger partial charge on any atom is 0.115 e. The summed E-state index contributed by atoms with van der Waals surface area (Å²) in [7, 11) is 0. The zero-order chi connectivity index (χ0) is 15.9. The lowest BCUT2D eigenvalue weighted by molar-refractivity contribution is 0.174. The van der Waals surface area contributed by atoms with E-state index in [1.54, 1.807) is 12.1 Å². The van der Waals surface area contributed by atoms with Crippen molar-refractivity contribution < 1.29 is 5.11 Å². The van der Waals surface area contributed by atoms with Crippen LogP contribution in [0.2, 0.25) is 0 Å². The highest BCUT2D eigenvalue weighted by atomic mass is 16.3. The van der Waals surface area contributed by atoms with E-state index in [9.17, 15) is 5.11 Å². The molecule has 0 radical (unpaired) electrons. The molecule has 0 spiro atoms. The van der Waals surface area contributed by atoms with E-state index in [-0.39, 0.29) is 0 Å². The van der Waals surface area contributed by atoms with Crippen LogP contribution in [0, 0.1) is 0 Å². The van der Waals surface area contributed by atoms with Crippen molar-refractivity contribution in [2.45, 2.75) is 12.5 Å². The molecule has 3 nitrogen and oxygen atoms in total. The number of aromatic hydroxyl groups is 1. The summed E-state index contributed by atoms with van der Waals surface area (Å²) >= 11 is 0. The highest BCUT2D eigenvalue weighted by molar-refractivity contribution is 5.48. The van der Waals surface area contributed by atoms with Gasteiger partial charge in [-0.25, -0.2) is 0 Å². The highest BCUT2D eigenvalue weighted by Crippen LogP contribution is 2.27. The van der Waals surface area contributed by atoms with Gasteiger partial charge in [0, 0.05) is 32.2 Å². The predicted octanol–water partition coefficient (Wildman–Crippen LogP) is 3.44. The number of rotatable bonds is 5. The zero-order valence-corrected chi connectivity index (χ0v) is 13.4. The Bertz CT molecular complexity index is 616. The van der Waals surface area contributed by atoms with E-state index in [0.717, 1.165) is 32.6 Å². The van der Waals surface area contributed by atoms with E-state index in [1.807, 2.05) is 18.2 Å². The van der Waals surface area contributed by atoms with Crippen molar-refractivity contribution in [1.29, 1.82) is 0 Å². The lowest BCUT2D eigenvalue weighted by Crippen LogP contribution is -2.45. The van der Waals surface area contributed by atoms with Gasteiger partial charge in [-0.3, -0.25) is 4.90 Å². The Morgan fingerprint density at radius 3 is 2.39 bits per heavy atom. The van der Waals surface area contributed by atoms with Crippen LogP contribution in [0.15, 0.2) is 60.7 Å². The monoisotopic (exact) mass is 308 g/mol. The predicted molar refractivity (Wildman–Crippen MR) is 95.4 cm³/mol. The number of phenolic OH excluding ortho intramolecular Hbond substituents is 1. The standard InChI is InChI=1S/C20H24N2O/c23-19-11-9-18(10-12-19)20(22-15-13-21-14-16-22)8-4-7-17-5-2-1-3-6-17/h1-7,9-12,20-21,23H,8,13-16H2. The first-order valence-electron chi connectivity index (χ1n) is 8.28. The van der Waals surface area contributed by atoms with Gasteiger partial charge >= 0.3 is 0 Å². The molecule has 0 bridgehead atoms. The van der Waals surface area contributed by atoms with Crippen molar-refractivity contribution in [3.63, 3.8) is 0 Å². The molecule has 1 atom stereocenters. The molecule has 2 N–H and O–H groups in total. The maximum atomic E-state index is 9.54. The van der Waals surface area contributed by atoms with Crippen molar-refractivity contribution >= 4 is 6.08 Å². The third kappa shape index (κ3) is 4.44. The third-order valence-corrected chi connectivity index (χ3v) is 4.34. The number of piperazine rings is 1. The minimum Gasteiger partial charge on any atom is -0.508 e. The Morgan fingerprint density at radius 1 is 1.00 bits per heavy atom. The van der Waals surface area contributed by atoms with Crippen LogP contribution >= 0.6 is 0 Å². The minimum atomic E-state index is 0.327. The van der Waals surface area contributed by atoms with Crippen LogP contribution in [0.25, 0.3) is 6.08 Å². The van der Waals surface area contributed by atoms with Crippen LogP contribution in [0.5, 0.6) is 5.75 Å². The molecule has 2 aromatic rings. The van der Waals surface area contributed by atoms with Crippen molar-refractivity contribution in [2.75, 3.05) is 26.2 Å². The number of hydrogen-bond acceptors (Lipinski definition) is 3. The number of hydrogen-bond donors (Lipinski definition) is 2. The summed E-state index contributed by atoms with van der Waals surface area (Å²) in [5.41, 5.74) is 2.50. The summed E-state index contributed by atoms with van der Waals surface area (Å²) in [4.78, 5) is 2.53. The SMILES string of the molecule is Oc1ccc(C(CC=Cc2ccccc2)N2CCNCC2)cc1. The summed E-state index contributed by atoms with van der Waals surface area (Å²) in [6, 6.07) is 18.4. The third-order valence-electron chi connectivity index (χ3n) is 4.34. The van der Waals surface area contributed by atoms with Crippen LogP contribution < -0.4 is 5.32 Å². The number of benzene rings is 2. The quantitative estimate of drug-likeness (QED) is 0.888. The molecule has 0 aliphatic carbocycles. The molecule has 1 fully saturated rings. The van der Waals surface area contributed by atoms with E-state index in [0.29, 0.717) is 11.8 Å². The van der Waals surface area contributed by atoms with Gasteiger partial charge in [0.25, 0.3) is 0 Å². The highest BCUT2D eigenvalue weighted by Gasteiger charge is 2.20. The first kappa shape index (κ1) is 15.8. The fourth-order valence-electron chi connectivity index (χ4n) is 3.08. The second-order valence-electron chi connectivity index (χ2n) is 5.94. The summed E-state index contributed by atoms with van der Waals surface area (Å²) in [6.45, 7) is 4.20. The fourth-order valence-corrected chi connectivity index (χ4v) is 3.08. The Kier molecular flexibility index (Phi) is 5.46. The molecule has 3 rings (SSSR count). The zero-order valence-electron chi connectivity index (χ0n) is 13.4. The number of nitrogens with one attached hydrogen (secondary N) is 1. The lowest BCUT2D eigenvalue weighted by Gasteiger charge is -2.34. The Hall–Kier alpha value is -2.10. The molecule has 23 heavy (non-hydrogen) atoms. The molecular weight excluding hydrogens is 284 g/mol. The topological polar surface area (TPSA) is 35.5 Å². The van der Waals surface area contributed by atoms with Gasteiger partial charge in [-0.15, -0.1) is 0 Å². The van der Waals surface area contributed by atoms with E-state index < -0.39 is 0 Å². The molecule has 0 saturated carbocycles. The number of nitrogens with zero attached hydrogens (tertiary/aromatic N) is 1. The van der Waals surface area contributed by atoms with Crippen molar-refractivity contribution in [2.24, 2.45) is 0 Å². The fraction of sp³-hybridized carbons (Fsp3) is 0.300. The Morgan fingerprint density at radius 2 is 1.70 bits per heavy atom. The normalized spacial score (nSPS) is 17.4. The lowest BCUT2D eigenvalue weighted by atomic mass is 10.00. The summed E-state index contributed by atoms with van der Waals surface area (Å²) in [5, 5.41) is 12.9. The van der Waals surface area contributed by atoms with E-state index in [2.05, 4.69) is 46.6 Å². The average Bonchev–Trinajstić information content (AvgIpc) is 2.61. The largest absolute Gasteiger partial charge is 0.508 e. The van der Waals surface area contributed by atoms with Gasteiger partial charge in [-0.2, -0.15) is 0 Å². The van der Waals surface area contributed by atoms with Crippen LogP contribution in [0.3, 0.4) is 0 Å². The molecule has 1 aliphatic heterocycles. The molecule has 2 aromatic carbocycles. The van der Waals surface area contributed by atoms with Crippen LogP contribution in [0.4, 0.5) is 0 Å². The van der Waals surface area contributed by atoms with Gasteiger partial charge in [0.15, 0.2) is 0 Å². The molecule has 1 aliphatic rings. The molecule has 3 heteroatoms. The van der Waals surface area contributed by atoms with Crippen LogP contribution in [-0.4, -0.2) is 36.2 Å². The molecule has 120 valence electrons. The van der Waals surface area contributed by atoms with Crippen LogP contribution in [0.1, 0.15) is 23.6 Å². The van der Waals surface area contributed by atoms with Gasteiger partial charge in [0.05, 0.1) is 0 Å². The molecule has 0 amide bonds. The average molecular weight is 308 g/mol. The molecule has 1 heterocycles. The van der Waals surface area contributed by atoms with E-state index in [4.69, 9.17) is 0 Å². The van der Waals surface area contributed by atoms with Gasteiger partial charge < -0.3 is 10.4 Å². The van der Waals surface area contributed by atoms with E-state index >= 15 is 0 Å². The van der Waals surface area contributed by atoms with Gasteiger partial charge in [-0.05, 0) is 29.7 Å². The first-order valence-corrected chi connectivity index (χ1v) is 8.28. The summed E-state index contributed by atoms with van der Waals surface area (Å²) < 4.78 is 0. The van der Waals surface area contributed by atoms with E-state index in [1.165, 1.54) is 11.1 Å². The van der Waals surface area contributed by atoms with Crippen molar-refractivity contribution in [1.82, 2.24) is 10.2 Å². The van der Waals surface area contributed by atoms with Gasteiger partial charge in [-0.1, -0.05) is 54.6 Å². The molecular formula is C20H24N2O. The first-order chi connectivity index (χ1) is 11.3. The maximum absolute atomic E-state index is 9.54. The summed E-state index contributed by atoms with van der Waals surface area (Å²) in [6.07, 6.45) is 5.42. The second kappa shape index (κ2) is 7.95. The molecule has 1 saturated heterocycles. The Balaban J connectivity index is 1.74. The van der Waals surface area contributed by atoms with Crippen molar-refractivity contribution in [3.05, 3.63) is 71.8 Å². The van der Waals surface area contributed by atoms with Gasteiger partial charge in [0.1, 0.15) is 5.75 Å². The molecule has 1 unspecified atom stereocenters.